The summed E-state index contributed by atoms with van der Waals surface area (Å²) in [6.07, 6.45) is 0. The van der Waals surface area contributed by atoms with Gasteiger partial charge < -0.3 is 4.74 Å². The Bertz CT molecular complexity index is 373. The maximum Gasteiger partial charge on any atom is 0.349 e. The van der Waals surface area contributed by atoms with Gasteiger partial charge in [0.1, 0.15) is 17.3 Å². The Morgan fingerprint density at radius 2 is 2.27 bits per heavy atom. The molecule has 0 heterocycles. The highest BCUT2D eigenvalue weighted by atomic mass is 35.5. The maximum absolute atomic E-state index is 13.1. The van der Waals surface area contributed by atoms with Gasteiger partial charge in [-0.1, -0.05) is 4.48 Å². The second-order valence-electron chi connectivity index (χ2n) is 2.58. The molecule has 6 heteroatoms. The summed E-state index contributed by atoms with van der Waals surface area (Å²) >= 11 is 4.94. The molecule has 3 nitrogen and oxygen atoms in total. The molecule has 0 radical (unpaired) electrons. The lowest BCUT2D eigenvalue weighted by Crippen LogP contribution is -2.15. The SMILES string of the molecule is CCOc1cc(F)ccc1N(F)C(=O)Cl. The predicted octanol–water partition coefficient (Wildman–Crippen LogP) is 3.27. The van der Waals surface area contributed by atoms with Gasteiger partial charge >= 0.3 is 5.37 Å². The number of ether oxygens (including phenoxy) is 1. The fraction of sp³-hybridized carbons (Fsp3) is 0.222. The largest absolute Gasteiger partial charge is 0.491 e. The van der Waals surface area contributed by atoms with Gasteiger partial charge in [-0.3, -0.25) is 4.79 Å². The number of hydrogen-bond donors (Lipinski definition) is 0. The zero-order valence-electron chi connectivity index (χ0n) is 7.84. The number of halogens is 3. The van der Waals surface area contributed by atoms with Crippen molar-refractivity contribution in [1.82, 2.24) is 0 Å². The van der Waals surface area contributed by atoms with Crippen LogP contribution in [0, 0.1) is 5.82 Å². The monoisotopic (exact) mass is 235 g/mol. The van der Waals surface area contributed by atoms with Crippen LogP contribution in [0.4, 0.5) is 19.4 Å². The molecule has 0 unspecified atom stereocenters. The van der Waals surface area contributed by atoms with Crippen LogP contribution in [0.5, 0.6) is 5.75 Å². The minimum atomic E-state index is -1.32. The third-order valence-corrected chi connectivity index (χ3v) is 1.74. The Labute approximate surface area is 90.1 Å². The molecule has 0 saturated heterocycles. The third-order valence-electron chi connectivity index (χ3n) is 1.59. The summed E-state index contributed by atoms with van der Waals surface area (Å²) in [4.78, 5) is 10.6. The smallest absolute Gasteiger partial charge is 0.349 e. The summed E-state index contributed by atoms with van der Waals surface area (Å²) in [7, 11) is 0. The summed E-state index contributed by atoms with van der Waals surface area (Å²) in [5.41, 5.74) is -0.224. The van der Waals surface area contributed by atoms with Crippen molar-refractivity contribution < 1.29 is 18.4 Å². The average Bonchev–Trinajstić information content (AvgIpc) is 2.17. The Kier molecular flexibility index (Phi) is 3.85. The van der Waals surface area contributed by atoms with Gasteiger partial charge in [-0.2, -0.15) is 0 Å². The number of nitrogens with zero attached hydrogens (tertiary/aromatic N) is 1. The molecule has 1 rings (SSSR count). The summed E-state index contributed by atoms with van der Waals surface area (Å²) in [5.74, 6) is -0.661. The van der Waals surface area contributed by atoms with E-state index in [1.807, 2.05) is 0 Å². The van der Waals surface area contributed by atoms with Crippen LogP contribution in [0.2, 0.25) is 0 Å². The molecule has 15 heavy (non-hydrogen) atoms. The van der Waals surface area contributed by atoms with Crippen LogP contribution in [0.25, 0.3) is 0 Å². The van der Waals surface area contributed by atoms with E-state index in [-0.39, 0.29) is 23.2 Å². The van der Waals surface area contributed by atoms with Crippen LogP contribution in [0.1, 0.15) is 6.92 Å². The molecule has 0 atom stereocenters. The first kappa shape index (κ1) is 11.7. The fourth-order valence-electron chi connectivity index (χ4n) is 1.02. The standard InChI is InChI=1S/C9H8ClF2NO2/c1-2-15-8-5-6(11)3-4-7(8)13(12)9(10)14/h3-5H,2H2,1H3. The number of anilines is 1. The lowest BCUT2D eigenvalue weighted by molar-refractivity contribution is 0.251. The molecule has 0 saturated carbocycles. The van der Waals surface area contributed by atoms with Gasteiger partial charge in [0.05, 0.1) is 6.61 Å². The molecule has 82 valence electrons. The first-order chi connectivity index (χ1) is 7.06. The zero-order chi connectivity index (χ0) is 11.4. The minimum absolute atomic E-state index is 0.0750. The van der Waals surface area contributed by atoms with Gasteiger partial charge in [0.2, 0.25) is 0 Å². The Hall–Kier alpha value is -1.36. The van der Waals surface area contributed by atoms with E-state index in [4.69, 9.17) is 16.3 Å². The van der Waals surface area contributed by atoms with Gasteiger partial charge in [0, 0.05) is 6.07 Å². The van der Waals surface area contributed by atoms with Crippen LogP contribution in [-0.4, -0.2) is 12.0 Å². The highest BCUT2D eigenvalue weighted by Gasteiger charge is 2.18. The van der Waals surface area contributed by atoms with E-state index in [1.165, 1.54) is 0 Å². The van der Waals surface area contributed by atoms with Gasteiger partial charge in [-0.05, 0) is 30.7 Å². The quantitative estimate of drug-likeness (QED) is 0.457. The number of carbonyl (C=O) groups excluding carboxylic acids is 1. The molecular formula is C9H8ClF2NO2. The summed E-state index contributed by atoms with van der Waals surface area (Å²) in [6, 6.07) is 3.05. The summed E-state index contributed by atoms with van der Waals surface area (Å²) in [5, 5.41) is -1.63. The molecule has 0 aromatic heterocycles. The molecule has 0 aliphatic carbocycles. The highest BCUT2D eigenvalue weighted by molar-refractivity contribution is 6.65. The molecule has 0 bridgehead atoms. The number of hydrogen-bond acceptors (Lipinski definition) is 2. The van der Waals surface area contributed by atoms with Crippen molar-refractivity contribution >= 4 is 22.7 Å². The van der Waals surface area contributed by atoms with Crippen LogP contribution in [0.3, 0.4) is 0 Å². The normalized spacial score (nSPS) is 9.87. The van der Waals surface area contributed by atoms with E-state index in [2.05, 4.69) is 0 Å². The van der Waals surface area contributed by atoms with Crippen molar-refractivity contribution in [2.75, 3.05) is 11.7 Å². The van der Waals surface area contributed by atoms with Crippen LogP contribution in [0.15, 0.2) is 18.2 Å². The van der Waals surface area contributed by atoms with Crippen molar-refractivity contribution in [3.63, 3.8) is 0 Å². The zero-order valence-corrected chi connectivity index (χ0v) is 8.59. The topological polar surface area (TPSA) is 29.5 Å². The highest BCUT2D eigenvalue weighted by Crippen LogP contribution is 2.30. The molecule has 1 aromatic rings. The number of benzene rings is 1. The molecule has 0 aliphatic heterocycles. The first-order valence-corrected chi connectivity index (χ1v) is 4.51. The fourth-order valence-corrected chi connectivity index (χ4v) is 1.11. The van der Waals surface area contributed by atoms with Gasteiger partial charge in [-0.25, -0.2) is 4.39 Å². The summed E-state index contributed by atoms with van der Waals surface area (Å²) < 4.78 is 30.9. The molecule has 0 fully saturated rings. The second kappa shape index (κ2) is 4.93. The molecule has 0 aliphatic rings. The Morgan fingerprint density at radius 3 is 2.80 bits per heavy atom. The van der Waals surface area contributed by atoms with Crippen molar-refractivity contribution in [3.05, 3.63) is 24.0 Å². The van der Waals surface area contributed by atoms with Crippen LogP contribution < -0.4 is 9.86 Å². The van der Waals surface area contributed by atoms with E-state index in [0.717, 1.165) is 18.2 Å². The molecule has 1 aromatic carbocycles. The molecule has 0 spiro atoms. The van der Waals surface area contributed by atoms with Gasteiger partial charge in [0.25, 0.3) is 0 Å². The van der Waals surface area contributed by atoms with Gasteiger partial charge in [-0.15, -0.1) is 5.12 Å². The summed E-state index contributed by atoms with van der Waals surface area (Å²) in [6.45, 7) is 1.88. The second-order valence-corrected chi connectivity index (χ2v) is 2.90. The Morgan fingerprint density at radius 1 is 1.60 bits per heavy atom. The van der Waals surface area contributed by atoms with E-state index >= 15 is 0 Å². The van der Waals surface area contributed by atoms with Crippen LogP contribution in [-0.2, 0) is 0 Å². The first-order valence-electron chi connectivity index (χ1n) is 4.14. The van der Waals surface area contributed by atoms with Crippen molar-refractivity contribution in [1.29, 1.82) is 0 Å². The molecule has 1 amide bonds. The Balaban J connectivity index is 3.10. The van der Waals surface area contributed by atoms with E-state index in [1.54, 1.807) is 6.92 Å². The number of carbonyl (C=O) groups is 1. The lowest BCUT2D eigenvalue weighted by atomic mass is 10.3. The molecule has 0 N–H and O–H groups in total. The van der Waals surface area contributed by atoms with Crippen LogP contribution >= 0.6 is 11.6 Å². The van der Waals surface area contributed by atoms with E-state index in [9.17, 15) is 13.7 Å². The maximum atomic E-state index is 13.1. The van der Waals surface area contributed by atoms with Crippen molar-refractivity contribution in [2.24, 2.45) is 0 Å². The number of rotatable bonds is 3. The average molecular weight is 236 g/mol. The van der Waals surface area contributed by atoms with E-state index in [0.29, 0.717) is 0 Å². The van der Waals surface area contributed by atoms with Gasteiger partial charge in [0.15, 0.2) is 0 Å². The minimum Gasteiger partial charge on any atom is -0.491 e. The van der Waals surface area contributed by atoms with Crippen molar-refractivity contribution in [3.8, 4) is 5.75 Å². The number of amides is 1. The molecular weight excluding hydrogens is 228 g/mol. The van der Waals surface area contributed by atoms with E-state index < -0.39 is 11.2 Å². The third kappa shape index (κ3) is 2.79. The van der Waals surface area contributed by atoms with Crippen molar-refractivity contribution in [2.45, 2.75) is 6.92 Å². The predicted molar refractivity (Wildman–Crippen MR) is 52.4 cm³/mol. The lowest BCUT2D eigenvalue weighted by Gasteiger charge is -2.13.